The van der Waals surface area contributed by atoms with Crippen LogP contribution in [0.5, 0.6) is 0 Å². The van der Waals surface area contributed by atoms with Crippen molar-refractivity contribution >= 4 is 31.9 Å². The molecule has 1 aromatic rings. The lowest BCUT2D eigenvalue weighted by molar-refractivity contribution is 0.182. The summed E-state index contributed by atoms with van der Waals surface area (Å²) in [4.78, 5) is 0. The van der Waals surface area contributed by atoms with Crippen LogP contribution in [0.1, 0.15) is 43.5 Å². The van der Waals surface area contributed by atoms with Gasteiger partial charge in [-0.05, 0) is 48.0 Å². The fourth-order valence-corrected chi connectivity index (χ4v) is 3.80. The highest BCUT2D eigenvalue weighted by molar-refractivity contribution is 9.10. The molecule has 4 heteroatoms. The first kappa shape index (κ1) is 13.6. The van der Waals surface area contributed by atoms with Gasteiger partial charge in [0.25, 0.3) is 0 Å². The monoisotopic (exact) mass is 362 g/mol. The summed E-state index contributed by atoms with van der Waals surface area (Å²) < 4.78 is 3.35. The molecule has 0 N–H and O–H groups in total. The number of hydrogen-bond donors (Lipinski definition) is 0. The maximum Gasteiger partial charge on any atom is 0.0738 e. The summed E-state index contributed by atoms with van der Waals surface area (Å²) in [5.74, 6) is 0. The smallest absolute Gasteiger partial charge is 0.0738 e. The Bertz CT molecular complexity index is 392. The summed E-state index contributed by atoms with van der Waals surface area (Å²) in [6, 6.07) is 0. The number of aromatic nitrogens is 2. The van der Waals surface area contributed by atoms with Crippen molar-refractivity contribution in [2.45, 2.75) is 52.5 Å². The highest BCUT2D eigenvalue weighted by Gasteiger charge is 2.32. The molecule has 0 spiro atoms. The van der Waals surface area contributed by atoms with Crippen molar-refractivity contribution in [3.05, 3.63) is 15.9 Å². The average molecular weight is 364 g/mol. The first-order chi connectivity index (χ1) is 8.08. The van der Waals surface area contributed by atoms with E-state index < -0.39 is 0 Å². The number of rotatable bonds is 3. The van der Waals surface area contributed by atoms with E-state index in [0.717, 1.165) is 22.0 Å². The number of halogens is 2. The Morgan fingerprint density at radius 3 is 2.35 bits per heavy atom. The van der Waals surface area contributed by atoms with Crippen LogP contribution >= 0.6 is 31.9 Å². The Hall–Kier alpha value is 0.170. The van der Waals surface area contributed by atoms with E-state index in [2.05, 4.69) is 55.5 Å². The molecule has 1 aliphatic rings. The molecule has 0 amide bonds. The largest absolute Gasteiger partial charge is 0.268 e. The summed E-state index contributed by atoms with van der Waals surface area (Å²) in [6.45, 7) is 5.26. The zero-order valence-electron chi connectivity index (χ0n) is 10.6. The van der Waals surface area contributed by atoms with Crippen LogP contribution < -0.4 is 0 Å². The Labute approximate surface area is 120 Å². The van der Waals surface area contributed by atoms with Gasteiger partial charge in [-0.1, -0.05) is 35.2 Å². The van der Waals surface area contributed by atoms with Gasteiger partial charge in [0.15, 0.2) is 0 Å². The molecular weight excluding hydrogens is 344 g/mol. The zero-order chi connectivity index (χ0) is 12.5. The van der Waals surface area contributed by atoms with Crippen molar-refractivity contribution in [1.82, 2.24) is 9.78 Å². The molecule has 1 aliphatic carbocycles. The van der Waals surface area contributed by atoms with E-state index in [4.69, 9.17) is 0 Å². The molecule has 2 nitrogen and oxygen atoms in total. The van der Waals surface area contributed by atoms with E-state index in [-0.39, 0.29) is 0 Å². The Morgan fingerprint density at radius 2 is 1.88 bits per heavy atom. The first-order valence-corrected chi connectivity index (χ1v) is 8.25. The normalized spacial score (nSPS) is 19.5. The van der Waals surface area contributed by atoms with Gasteiger partial charge < -0.3 is 0 Å². The Morgan fingerprint density at radius 1 is 1.24 bits per heavy atom. The molecule has 0 bridgehead atoms. The van der Waals surface area contributed by atoms with Crippen LogP contribution in [0.4, 0.5) is 0 Å². The van der Waals surface area contributed by atoms with E-state index in [1.165, 1.54) is 37.8 Å². The first-order valence-electron chi connectivity index (χ1n) is 6.33. The van der Waals surface area contributed by atoms with Crippen molar-refractivity contribution in [2.75, 3.05) is 5.33 Å². The second-order valence-corrected chi connectivity index (χ2v) is 6.69. The van der Waals surface area contributed by atoms with Crippen molar-refractivity contribution < 1.29 is 0 Å². The number of aryl methyl sites for hydroxylation is 1. The number of hydrogen-bond acceptors (Lipinski definition) is 1. The van der Waals surface area contributed by atoms with Gasteiger partial charge in [0.2, 0.25) is 0 Å². The molecular formula is C13H20Br2N2. The van der Waals surface area contributed by atoms with Crippen LogP contribution in [-0.4, -0.2) is 15.1 Å². The van der Waals surface area contributed by atoms with E-state index in [1.807, 2.05) is 0 Å². The van der Waals surface area contributed by atoms with E-state index >= 15 is 0 Å². The SMILES string of the molecule is Cc1nn(CC2(CBr)CCCCC2)c(C)c1Br. The topological polar surface area (TPSA) is 17.8 Å². The molecule has 0 aromatic carbocycles. The lowest BCUT2D eigenvalue weighted by Gasteiger charge is -2.36. The van der Waals surface area contributed by atoms with Gasteiger partial charge in [-0.3, -0.25) is 4.68 Å². The van der Waals surface area contributed by atoms with E-state index in [1.54, 1.807) is 0 Å². The second kappa shape index (κ2) is 5.43. The molecule has 0 aliphatic heterocycles. The maximum absolute atomic E-state index is 4.65. The van der Waals surface area contributed by atoms with E-state index in [9.17, 15) is 0 Å². The van der Waals surface area contributed by atoms with Crippen LogP contribution in [0.15, 0.2) is 4.47 Å². The predicted molar refractivity (Wildman–Crippen MR) is 78.7 cm³/mol. The van der Waals surface area contributed by atoms with E-state index in [0.29, 0.717) is 5.41 Å². The standard InChI is InChI=1S/C13H20Br2N2/c1-10-12(15)11(2)17(16-10)9-13(8-14)6-4-3-5-7-13/h3-9H2,1-2H3. The molecule has 1 fully saturated rings. The summed E-state index contributed by atoms with van der Waals surface area (Å²) in [6.07, 6.45) is 6.79. The van der Waals surface area contributed by atoms with Crippen LogP contribution in [0.3, 0.4) is 0 Å². The van der Waals surface area contributed by atoms with Gasteiger partial charge >= 0.3 is 0 Å². The third kappa shape index (κ3) is 2.78. The third-order valence-corrected chi connectivity index (χ3v) is 6.31. The van der Waals surface area contributed by atoms with Gasteiger partial charge in [0.05, 0.1) is 10.2 Å². The van der Waals surface area contributed by atoms with Crippen molar-refractivity contribution in [3.8, 4) is 0 Å². The second-order valence-electron chi connectivity index (χ2n) is 5.34. The number of nitrogens with zero attached hydrogens (tertiary/aromatic N) is 2. The van der Waals surface area contributed by atoms with Crippen LogP contribution in [0, 0.1) is 19.3 Å². The quantitative estimate of drug-likeness (QED) is 0.717. The molecule has 0 radical (unpaired) electrons. The van der Waals surface area contributed by atoms with Gasteiger partial charge in [-0.2, -0.15) is 5.10 Å². The maximum atomic E-state index is 4.65. The average Bonchev–Trinajstić information content (AvgIpc) is 2.58. The van der Waals surface area contributed by atoms with Crippen LogP contribution in [0.2, 0.25) is 0 Å². The van der Waals surface area contributed by atoms with Gasteiger partial charge in [0.1, 0.15) is 0 Å². The van der Waals surface area contributed by atoms with Gasteiger partial charge in [-0.25, -0.2) is 0 Å². The summed E-state index contributed by atoms with van der Waals surface area (Å²) in [7, 11) is 0. The lowest BCUT2D eigenvalue weighted by Crippen LogP contribution is -2.32. The van der Waals surface area contributed by atoms with Crippen molar-refractivity contribution in [2.24, 2.45) is 5.41 Å². The fraction of sp³-hybridized carbons (Fsp3) is 0.769. The lowest BCUT2D eigenvalue weighted by atomic mass is 9.75. The van der Waals surface area contributed by atoms with Crippen LogP contribution in [0.25, 0.3) is 0 Å². The summed E-state index contributed by atoms with van der Waals surface area (Å²) >= 11 is 7.33. The third-order valence-electron chi connectivity index (χ3n) is 3.98. The summed E-state index contributed by atoms with van der Waals surface area (Å²) in [5.41, 5.74) is 2.78. The minimum Gasteiger partial charge on any atom is -0.268 e. The Kier molecular flexibility index (Phi) is 4.35. The van der Waals surface area contributed by atoms with Crippen molar-refractivity contribution in [3.63, 3.8) is 0 Å². The molecule has 2 rings (SSSR count). The fourth-order valence-electron chi connectivity index (χ4n) is 2.78. The predicted octanol–water partition coefficient (Wildman–Crippen LogP) is 4.61. The van der Waals surface area contributed by atoms with Gasteiger partial charge in [-0.15, -0.1) is 0 Å². The molecule has 96 valence electrons. The molecule has 1 aromatic heterocycles. The minimum absolute atomic E-state index is 0.418. The molecule has 0 atom stereocenters. The Balaban J connectivity index is 2.20. The molecule has 1 saturated carbocycles. The molecule has 0 unspecified atom stereocenters. The van der Waals surface area contributed by atoms with Crippen molar-refractivity contribution in [1.29, 1.82) is 0 Å². The molecule has 17 heavy (non-hydrogen) atoms. The van der Waals surface area contributed by atoms with Crippen LogP contribution in [-0.2, 0) is 6.54 Å². The highest BCUT2D eigenvalue weighted by atomic mass is 79.9. The highest BCUT2D eigenvalue weighted by Crippen LogP contribution is 2.39. The molecule has 1 heterocycles. The zero-order valence-corrected chi connectivity index (χ0v) is 13.8. The minimum atomic E-state index is 0.418. The summed E-state index contributed by atoms with van der Waals surface area (Å²) in [5, 5.41) is 5.74. The number of alkyl halides is 1. The van der Waals surface area contributed by atoms with Gasteiger partial charge in [0, 0.05) is 17.6 Å². The molecule has 0 saturated heterocycles.